The lowest BCUT2D eigenvalue weighted by Crippen LogP contribution is -2.26. The van der Waals surface area contributed by atoms with Crippen LogP contribution in [0.15, 0.2) is 18.5 Å². The van der Waals surface area contributed by atoms with Crippen LogP contribution >= 0.6 is 0 Å². The second-order valence-corrected chi connectivity index (χ2v) is 4.77. The van der Waals surface area contributed by atoms with Crippen molar-refractivity contribution in [2.75, 3.05) is 0 Å². The molecule has 3 heteroatoms. The standard InChI is InChI=1S/C13H15NO2/c1-8-4-5-14-7-11(8)13(15)10-6-9-2-3-12(10)16-9/h4-5,7,9-10,12H,2-3,6H2,1H3. The van der Waals surface area contributed by atoms with Crippen LogP contribution in [0.25, 0.3) is 0 Å². The Kier molecular flexibility index (Phi) is 2.28. The summed E-state index contributed by atoms with van der Waals surface area (Å²) in [5.41, 5.74) is 1.78. The van der Waals surface area contributed by atoms with Crippen LogP contribution < -0.4 is 0 Å². The fraction of sp³-hybridized carbons (Fsp3) is 0.538. The number of fused-ring (bicyclic) bond motifs is 2. The quantitative estimate of drug-likeness (QED) is 0.712. The maximum atomic E-state index is 12.3. The highest BCUT2D eigenvalue weighted by molar-refractivity contribution is 5.99. The third kappa shape index (κ3) is 1.47. The number of carbonyl (C=O) groups excluding carboxylic acids is 1. The molecule has 0 radical (unpaired) electrons. The van der Waals surface area contributed by atoms with Gasteiger partial charge in [-0.05, 0) is 37.8 Å². The molecule has 0 amide bonds. The van der Waals surface area contributed by atoms with Crippen LogP contribution in [0.3, 0.4) is 0 Å². The highest BCUT2D eigenvalue weighted by Crippen LogP contribution is 2.40. The maximum absolute atomic E-state index is 12.3. The third-order valence-electron chi connectivity index (χ3n) is 3.75. The predicted octanol–water partition coefficient (Wildman–Crippen LogP) is 2.14. The molecule has 0 spiro atoms. The topological polar surface area (TPSA) is 39.2 Å². The van der Waals surface area contributed by atoms with Crippen LogP contribution in [-0.4, -0.2) is 23.0 Å². The first-order valence-corrected chi connectivity index (χ1v) is 5.86. The van der Waals surface area contributed by atoms with Gasteiger partial charge in [-0.3, -0.25) is 9.78 Å². The lowest BCUT2D eigenvalue weighted by atomic mass is 9.83. The van der Waals surface area contributed by atoms with Gasteiger partial charge in [0.2, 0.25) is 0 Å². The van der Waals surface area contributed by atoms with Crippen LogP contribution in [-0.2, 0) is 4.74 Å². The minimum absolute atomic E-state index is 0.0710. The van der Waals surface area contributed by atoms with Crippen molar-refractivity contribution in [1.82, 2.24) is 4.98 Å². The van der Waals surface area contributed by atoms with Gasteiger partial charge in [-0.2, -0.15) is 0 Å². The van der Waals surface area contributed by atoms with E-state index in [1.54, 1.807) is 12.4 Å². The Bertz CT molecular complexity index is 430. The highest BCUT2D eigenvalue weighted by atomic mass is 16.5. The van der Waals surface area contributed by atoms with E-state index in [4.69, 9.17) is 4.74 Å². The van der Waals surface area contributed by atoms with Crippen LogP contribution in [0.4, 0.5) is 0 Å². The van der Waals surface area contributed by atoms with Crippen molar-refractivity contribution in [3.8, 4) is 0 Å². The van der Waals surface area contributed by atoms with Gasteiger partial charge in [0.15, 0.2) is 5.78 Å². The molecule has 3 heterocycles. The number of aryl methyl sites for hydroxylation is 1. The Balaban J connectivity index is 1.86. The van der Waals surface area contributed by atoms with Crippen LogP contribution in [0.5, 0.6) is 0 Å². The van der Waals surface area contributed by atoms with Gasteiger partial charge < -0.3 is 4.74 Å². The molecule has 1 aromatic heterocycles. The van der Waals surface area contributed by atoms with E-state index in [2.05, 4.69) is 4.98 Å². The first-order chi connectivity index (χ1) is 7.75. The smallest absolute Gasteiger partial charge is 0.170 e. The molecule has 16 heavy (non-hydrogen) atoms. The predicted molar refractivity (Wildman–Crippen MR) is 59.3 cm³/mol. The fourth-order valence-electron chi connectivity index (χ4n) is 2.84. The molecule has 0 N–H and O–H groups in total. The number of hydrogen-bond acceptors (Lipinski definition) is 3. The summed E-state index contributed by atoms with van der Waals surface area (Å²) in [5.74, 6) is 0.291. The number of pyridine rings is 1. The van der Waals surface area contributed by atoms with Crippen molar-refractivity contribution in [3.63, 3.8) is 0 Å². The van der Waals surface area contributed by atoms with E-state index in [9.17, 15) is 4.79 Å². The average molecular weight is 217 g/mol. The second kappa shape index (κ2) is 3.67. The van der Waals surface area contributed by atoms with E-state index < -0.39 is 0 Å². The molecular weight excluding hydrogens is 202 g/mol. The molecule has 2 saturated heterocycles. The number of rotatable bonds is 2. The normalized spacial score (nSPS) is 31.9. The number of nitrogens with zero attached hydrogens (tertiary/aromatic N) is 1. The summed E-state index contributed by atoms with van der Waals surface area (Å²) >= 11 is 0. The molecule has 3 unspecified atom stereocenters. The molecule has 1 aromatic rings. The van der Waals surface area contributed by atoms with Gasteiger partial charge in [0, 0.05) is 18.0 Å². The maximum Gasteiger partial charge on any atom is 0.170 e. The fourth-order valence-corrected chi connectivity index (χ4v) is 2.84. The first-order valence-electron chi connectivity index (χ1n) is 5.86. The number of hydrogen-bond donors (Lipinski definition) is 0. The van der Waals surface area contributed by atoms with E-state index in [1.807, 2.05) is 13.0 Å². The molecule has 3 atom stereocenters. The molecule has 2 aliphatic heterocycles. The van der Waals surface area contributed by atoms with Crippen molar-refractivity contribution in [2.24, 2.45) is 5.92 Å². The van der Waals surface area contributed by atoms with Gasteiger partial charge in [0.05, 0.1) is 18.1 Å². The Labute approximate surface area is 94.8 Å². The Morgan fingerprint density at radius 3 is 3.00 bits per heavy atom. The van der Waals surface area contributed by atoms with Gasteiger partial charge >= 0.3 is 0 Å². The lowest BCUT2D eigenvalue weighted by molar-refractivity contribution is 0.0742. The zero-order valence-electron chi connectivity index (χ0n) is 9.35. The zero-order chi connectivity index (χ0) is 11.1. The van der Waals surface area contributed by atoms with Gasteiger partial charge in [0.25, 0.3) is 0 Å². The van der Waals surface area contributed by atoms with E-state index in [-0.39, 0.29) is 17.8 Å². The highest BCUT2D eigenvalue weighted by Gasteiger charge is 2.44. The molecule has 0 saturated carbocycles. The van der Waals surface area contributed by atoms with E-state index in [0.717, 1.165) is 30.4 Å². The number of aromatic nitrogens is 1. The summed E-state index contributed by atoms with van der Waals surface area (Å²) in [4.78, 5) is 16.4. The molecule has 3 rings (SSSR count). The van der Waals surface area contributed by atoms with Crippen molar-refractivity contribution in [1.29, 1.82) is 0 Å². The summed E-state index contributed by atoms with van der Waals surface area (Å²) in [6, 6.07) is 1.89. The second-order valence-electron chi connectivity index (χ2n) is 4.77. The lowest BCUT2D eigenvalue weighted by Gasteiger charge is -2.17. The van der Waals surface area contributed by atoms with Crippen LogP contribution in [0.2, 0.25) is 0 Å². The van der Waals surface area contributed by atoms with Crippen LogP contribution in [0, 0.1) is 12.8 Å². The van der Waals surface area contributed by atoms with E-state index in [0.29, 0.717) is 6.10 Å². The molecule has 2 aliphatic rings. The van der Waals surface area contributed by atoms with Crippen LogP contribution in [0.1, 0.15) is 35.2 Å². The van der Waals surface area contributed by atoms with Crippen molar-refractivity contribution in [2.45, 2.75) is 38.4 Å². The van der Waals surface area contributed by atoms with Gasteiger partial charge in [0.1, 0.15) is 0 Å². The van der Waals surface area contributed by atoms with Crippen molar-refractivity contribution in [3.05, 3.63) is 29.6 Å². The summed E-state index contributed by atoms with van der Waals surface area (Å²) in [6.07, 6.45) is 6.97. The molecule has 0 aromatic carbocycles. The number of ketones is 1. The van der Waals surface area contributed by atoms with Gasteiger partial charge in [-0.15, -0.1) is 0 Å². The van der Waals surface area contributed by atoms with Crippen molar-refractivity contribution >= 4 is 5.78 Å². The van der Waals surface area contributed by atoms with E-state index in [1.165, 1.54) is 0 Å². The molecular formula is C13H15NO2. The number of ether oxygens (including phenoxy) is 1. The molecule has 0 aliphatic carbocycles. The molecule has 2 fully saturated rings. The minimum Gasteiger partial charge on any atom is -0.374 e. The minimum atomic E-state index is 0.0710. The Hall–Kier alpha value is -1.22. The average Bonchev–Trinajstić information content (AvgIpc) is 2.90. The number of carbonyl (C=O) groups is 1. The molecule has 2 bridgehead atoms. The van der Waals surface area contributed by atoms with E-state index >= 15 is 0 Å². The largest absolute Gasteiger partial charge is 0.374 e. The molecule has 84 valence electrons. The van der Waals surface area contributed by atoms with Crippen molar-refractivity contribution < 1.29 is 9.53 Å². The SMILES string of the molecule is Cc1ccncc1C(=O)C1CC2CCC1O2. The zero-order valence-corrected chi connectivity index (χ0v) is 9.35. The summed E-state index contributed by atoms with van der Waals surface area (Å²) in [6.45, 7) is 1.96. The first kappa shape index (κ1) is 9.97. The summed E-state index contributed by atoms with van der Waals surface area (Å²) < 4.78 is 5.73. The van der Waals surface area contributed by atoms with Gasteiger partial charge in [-0.1, -0.05) is 0 Å². The Morgan fingerprint density at radius 1 is 1.50 bits per heavy atom. The van der Waals surface area contributed by atoms with Gasteiger partial charge in [-0.25, -0.2) is 0 Å². The summed E-state index contributed by atoms with van der Waals surface area (Å²) in [7, 11) is 0. The molecule has 3 nitrogen and oxygen atoms in total. The number of Topliss-reactive ketones (excluding diaryl/α,β-unsaturated/α-hetero) is 1. The summed E-state index contributed by atoms with van der Waals surface area (Å²) in [5, 5.41) is 0. The Morgan fingerprint density at radius 2 is 2.38 bits per heavy atom. The third-order valence-corrected chi connectivity index (χ3v) is 3.75. The monoisotopic (exact) mass is 217 g/mol.